The predicted molar refractivity (Wildman–Crippen MR) is 208 cm³/mol. The van der Waals surface area contributed by atoms with Crippen molar-refractivity contribution in [3.8, 4) is 33.6 Å². The molecule has 284 valence electrons. The molecule has 6 atom stereocenters. The minimum atomic E-state index is -0.676. The standard InChI is InChI=1S/C43H48N8O4/c1-25(2)38(50-43(54)55-3)42(53)51-19-5-7-35(51)39-45-23-33(48-39)29-12-8-27(9-13-29)28-10-14-30(15-11-28)34-24-46-40(49-34)36-31-16-17-32(20-31)37(36)41(52)47-22-26-6-4-18-44-21-26/h4,6,8-15,18,21,23-25,31-32,35-38H,5,7,16-17,19-20,22H2,1-3H3,(H,45,48)(H,46,49)(H,47,52)(H,50,54)/t31?,32?,35-,36+,37+,38?/m0/s1. The minimum Gasteiger partial charge on any atom is -0.453 e. The van der Waals surface area contributed by atoms with Gasteiger partial charge < -0.3 is 30.2 Å². The van der Waals surface area contributed by atoms with Gasteiger partial charge in [-0.1, -0.05) is 68.4 Å². The lowest BCUT2D eigenvalue weighted by molar-refractivity contribution is -0.135. The number of aromatic nitrogens is 5. The van der Waals surface area contributed by atoms with Gasteiger partial charge in [0.15, 0.2) is 0 Å². The number of ether oxygens (including phenoxy) is 1. The van der Waals surface area contributed by atoms with E-state index < -0.39 is 12.1 Å². The average Bonchev–Trinajstić information content (AvgIpc) is 4.07. The Morgan fingerprint density at radius 2 is 1.47 bits per heavy atom. The summed E-state index contributed by atoms with van der Waals surface area (Å²) in [5, 5.41) is 5.88. The Balaban J connectivity index is 0.918. The highest BCUT2D eigenvalue weighted by Crippen LogP contribution is 2.56. The Morgan fingerprint density at radius 1 is 0.836 bits per heavy atom. The maximum absolute atomic E-state index is 13.5. The number of hydrogen-bond acceptors (Lipinski definition) is 7. The molecule has 2 saturated carbocycles. The summed E-state index contributed by atoms with van der Waals surface area (Å²) in [6, 6.07) is 19.8. The molecule has 3 unspecified atom stereocenters. The van der Waals surface area contributed by atoms with E-state index in [-0.39, 0.29) is 35.6 Å². The van der Waals surface area contributed by atoms with E-state index in [0.717, 1.165) is 83.0 Å². The number of likely N-dealkylation sites (tertiary alicyclic amines) is 1. The van der Waals surface area contributed by atoms with Gasteiger partial charge in [-0.05, 0) is 83.7 Å². The molecule has 55 heavy (non-hydrogen) atoms. The van der Waals surface area contributed by atoms with E-state index in [1.54, 1.807) is 12.4 Å². The van der Waals surface area contributed by atoms with Gasteiger partial charge in [0.1, 0.15) is 17.7 Å². The number of carbonyl (C=O) groups excluding carboxylic acids is 3. The molecule has 1 saturated heterocycles. The van der Waals surface area contributed by atoms with Gasteiger partial charge in [0.05, 0.1) is 42.9 Å². The second-order valence-electron chi connectivity index (χ2n) is 15.5. The van der Waals surface area contributed by atoms with Crippen LogP contribution in [-0.2, 0) is 20.9 Å². The smallest absolute Gasteiger partial charge is 0.407 e. The summed E-state index contributed by atoms with van der Waals surface area (Å²) in [5.74, 6) is 2.42. The topological polar surface area (TPSA) is 158 Å². The van der Waals surface area contributed by atoms with Gasteiger partial charge in [-0.2, -0.15) is 0 Å². The molecule has 3 aliphatic rings. The summed E-state index contributed by atoms with van der Waals surface area (Å²) in [6.07, 6.45) is 11.6. The van der Waals surface area contributed by atoms with Gasteiger partial charge in [-0.25, -0.2) is 14.8 Å². The van der Waals surface area contributed by atoms with Crippen molar-refractivity contribution >= 4 is 17.9 Å². The van der Waals surface area contributed by atoms with Crippen molar-refractivity contribution in [2.75, 3.05) is 13.7 Å². The zero-order chi connectivity index (χ0) is 38.1. The average molecular weight is 741 g/mol. The molecule has 1 aliphatic heterocycles. The SMILES string of the molecule is COC(=O)NC(C(=O)N1CCC[C@H]1c1ncc(-c2ccc(-c3ccc(-c4cnc([C@@H]5C6CCC(C6)[C@H]5C(=O)NCc5cccnc5)[nH]4)cc3)cc2)[nH]1)C(C)C. The van der Waals surface area contributed by atoms with Crippen molar-refractivity contribution < 1.29 is 19.1 Å². The van der Waals surface area contributed by atoms with Crippen LogP contribution in [0.1, 0.15) is 75.1 Å². The number of nitrogens with zero attached hydrogens (tertiary/aromatic N) is 4. The monoisotopic (exact) mass is 740 g/mol. The highest BCUT2D eigenvalue weighted by molar-refractivity contribution is 5.86. The van der Waals surface area contributed by atoms with Crippen LogP contribution in [0.15, 0.2) is 85.5 Å². The summed E-state index contributed by atoms with van der Waals surface area (Å²) >= 11 is 0. The zero-order valence-corrected chi connectivity index (χ0v) is 31.5. The lowest BCUT2D eigenvalue weighted by Crippen LogP contribution is -2.51. The van der Waals surface area contributed by atoms with Crippen LogP contribution in [0.5, 0.6) is 0 Å². The largest absolute Gasteiger partial charge is 0.453 e. The van der Waals surface area contributed by atoms with Crippen LogP contribution < -0.4 is 10.6 Å². The minimum absolute atomic E-state index is 0.0750. The number of pyridine rings is 1. The molecular formula is C43H48N8O4. The van der Waals surface area contributed by atoms with Crippen LogP contribution in [0.2, 0.25) is 0 Å². The van der Waals surface area contributed by atoms with Gasteiger partial charge in [0.2, 0.25) is 11.8 Å². The Hall–Kier alpha value is -5.78. The molecule has 4 heterocycles. The maximum atomic E-state index is 13.5. The second-order valence-corrected chi connectivity index (χ2v) is 15.5. The van der Waals surface area contributed by atoms with E-state index in [2.05, 4.69) is 79.1 Å². The number of benzene rings is 2. The molecule has 4 N–H and O–H groups in total. The van der Waals surface area contributed by atoms with Crippen molar-refractivity contribution in [1.29, 1.82) is 0 Å². The molecule has 12 heteroatoms. The normalized spacial score (nSPS) is 22.2. The highest BCUT2D eigenvalue weighted by atomic mass is 16.5. The lowest BCUT2D eigenvalue weighted by atomic mass is 9.78. The van der Waals surface area contributed by atoms with E-state index in [1.165, 1.54) is 7.11 Å². The number of rotatable bonds is 11. The van der Waals surface area contributed by atoms with E-state index in [0.29, 0.717) is 24.9 Å². The van der Waals surface area contributed by atoms with Crippen molar-refractivity contribution in [2.45, 2.75) is 70.5 Å². The van der Waals surface area contributed by atoms with E-state index in [1.807, 2.05) is 43.3 Å². The summed E-state index contributed by atoms with van der Waals surface area (Å²) in [4.78, 5) is 61.6. The molecule has 12 nitrogen and oxygen atoms in total. The molecule has 3 aromatic heterocycles. The number of nitrogens with one attached hydrogen (secondary N) is 4. The number of hydrogen-bond donors (Lipinski definition) is 4. The first kappa shape index (κ1) is 36.2. The molecule has 3 fully saturated rings. The number of fused-ring (bicyclic) bond motifs is 2. The van der Waals surface area contributed by atoms with Gasteiger partial charge >= 0.3 is 6.09 Å². The molecule has 5 aromatic rings. The molecule has 0 radical (unpaired) electrons. The first-order valence-electron chi connectivity index (χ1n) is 19.4. The number of aromatic amines is 2. The van der Waals surface area contributed by atoms with Crippen molar-refractivity contribution in [1.82, 2.24) is 40.5 Å². The zero-order valence-electron chi connectivity index (χ0n) is 31.5. The Kier molecular flexibility index (Phi) is 10.2. The van der Waals surface area contributed by atoms with Crippen LogP contribution in [-0.4, -0.2) is 67.4 Å². The fraction of sp³-hybridized carbons (Fsp3) is 0.395. The van der Waals surface area contributed by atoms with Crippen molar-refractivity contribution in [3.05, 3.63) is 103 Å². The molecule has 8 rings (SSSR count). The first-order chi connectivity index (χ1) is 26.8. The van der Waals surface area contributed by atoms with Crippen molar-refractivity contribution in [2.24, 2.45) is 23.7 Å². The Morgan fingerprint density at radius 3 is 2.11 bits per heavy atom. The van der Waals surface area contributed by atoms with Crippen LogP contribution in [0.3, 0.4) is 0 Å². The van der Waals surface area contributed by atoms with Crippen LogP contribution >= 0.6 is 0 Å². The first-order valence-corrected chi connectivity index (χ1v) is 19.4. The quantitative estimate of drug-likeness (QED) is 0.113. The summed E-state index contributed by atoms with van der Waals surface area (Å²) in [6.45, 7) is 4.91. The van der Waals surface area contributed by atoms with Crippen LogP contribution in [0.4, 0.5) is 4.79 Å². The predicted octanol–water partition coefficient (Wildman–Crippen LogP) is 7.02. The van der Waals surface area contributed by atoms with E-state index in [4.69, 9.17) is 9.72 Å². The molecule has 2 aliphatic carbocycles. The fourth-order valence-corrected chi connectivity index (χ4v) is 9.05. The van der Waals surface area contributed by atoms with Gasteiger partial charge in [-0.3, -0.25) is 14.6 Å². The molecule has 2 aromatic carbocycles. The lowest BCUT2D eigenvalue weighted by Gasteiger charge is -2.30. The maximum Gasteiger partial charge on any atom is 0.407 e. The number of methoxy groups -OCH3 is 1. The van der Waals surface area contributed by atoms with Gasteiger partial charge in [0.25, 0.3) is 0 Å². The third-order valence-corrected chi connectivity index (χ3v) is 11.9. The Labute approximate surface area is 320 Å². The van der Waals surface area contributed by atoms with Crippen LogP contribution in [0, 0.1) is 23.7 Å². The summed E-state index contributed by atoms with van der Waals surface area (Å²) in [5.41, 5.74) is 7.06. The number of carbonyl (C=O) groups is 3. The molecular weight excluding hydrogens is 693 g/mol. The number of alkyl carbamates (subject to hydrolysis) is 1. The molecule has 3 amide bonds. The summed E-state index contributed by atoms with van der Waals surface area (Å²) < 4.78 is 4.76. The third kappa shape index (κ3) is 7.37. The molecule has 2 bridgehead atoms. The third-order valence-electron chi connectivity index (χ3n) is 11.9. The summed E-state index contributed by atoms with van der Waals surface area (Å²) in [7, 11) is 1.30. The van der Waals surface area contributed by atoms with Crippen LogP contribution in [0.25, 0.3) is 33.6 Å². The Bertz CT molecular complexity index is 2130. The second kappa shape index (κ2) is 15.5. The van der Waals surface area contributed by atoms with Crippen molar-refractivity contribution in [3.63, 3.8) is 0 Å². The van der Waals surface area contributed by atoms with Gasteiger partial charge in [0, 0.05) is 31.4 Å². The number of amides is 3. The number of H-pyrrole nitrogens is 2. The van der Waals surface area contributed by atoms with Gasteiger partial charge in [-0.15, -0.1) is 0 Å². The highest BCUT2D eigenvalue weighted by Gasteiger charge is 2.52. The fourth-order valence-electron chi connectivity index (χ4n) is 9.05. The van der Waals surface area contributed by atoms with E-state index in [9.17, 15) is 14.4 Å². The molecule has 0 spiro atoms. The van der Waals surface area contributed by atoms with E-state index >= 15 is 0 Å². The number of imidazole rings is 2.